The summed E-state index contributed by atoms with van der Waals surface area (Å²) in [6, 6.07) is 1.96. The molecule has 6 nitrogen and oxygen atoms in total. The fourth-order valence-corrected chi connectivity index (χ4v) is 2.19. The minimum atomic E-state index is -0.251. The third-order valence-corrected chi connectivity index (χ3v) is 3.41. The van der Waals surface area contributed by atoms with Crippen LogP contribution in [0, 0.1) is 12.3 Å². The molecule has 1 atom stereocenters. The second-order valence-corrected chi connectivity index (χ2v) is 5.11. The van der Waals surface area contributed by atoms with Crippen LogP contribution in [-0.4, -0.2) is 25.6 Å². The van der Waals surface area contributed by atoms with Gasteiger partial charge in [-0.05, 0) is 28.9 Å². The molecule has 0 aromatic carbocycles. The highest BCUT2D eigenvalue weighted by atomic mass is 79.9. The second-order valence-electron chi connectivity index (χ2n) is 4.31. The Morgan fingerprint density at radius 1 is 1.55 bits per heavy atom. The summed E-state index contributed by atoms with van der Waals surface area (Å²) in [4.78, 5) is 12.0. The van der Waals surface area contributed by atoms with Crippen LogP contribution in [0.25, 0.3) is 0 Å². The molecule has 0 bridgehead atoms. The average molecular weight is 336 g/mol. The van der Waals surface area contributed by atoms with E-state index in [1.807, 2.05) is 23.9 Å². The summed E-state index contributed by atoms with van der Waals surface area (Å²) in [7, 11) is 0. The Bertz CT molecular complexity index is 671. The van der Waals surface area contributed by atoms with Crippen LogP contribution in [0.3, 0.4) is 0 Å². The predicted molar refractivity (Wildman–Crippen MR) is 80.3 cm³/mol. The molecule has 104 valence electrons. The van der Waals surface area contributed by atoms with Crippen LogP contribution in [0.1, 0.15) is 6.92 Å². The van der Waals surface area contributed by atoms with E-state index in [4.69, 9.17) is 6.42 Å². The van der Waals surface area contributed by atoms with Crippen molar-refractivity contribution in [1.29, 1.82) is 0 Å². The summed E-state index contributed by atoms with van der Waals surface area (Å²) in [6.45, 7) is 2.84. The normalized spacial score (nSPS) is 11.8. The van der Waals surface area contributed by atoms with Gasteiger partial charge in [-0.25, -0.2) is 4.68 Å². The molecular weight excluding hydrogens is 322 g/mol. The van der Waals surface area contributed by atoms with Gasteiger partial charge in [0.1, 0.15) is 11.0 Å². The molecule has 7 heteroatoms. The summed E-state index contributed by atoms with van der Waals surface area (Å²) in [5.74, 6) is 2.39. The van der Waals surface area contributed by atoms with E-state index in [1.54, 1.807) is 12.4 Å². The molecule has 0 aliphatic rings. The van der Waals surface area contributed by atoms with Gasteiger partial charge in [-0.3, -0.25) is 9.48 Å². The fourth-order valence-electron chi connectivity index (χ4n) is 1.76. The van der Waals surface area contributed by atoms with Gasteiger partial charge in [-0.15, -0.1) is 6.42 Å². The Labute approximate surface area is 124 Å². The van der Waals surface area contributed by atoms with Crippen molar-refractivity contribution >= 4 is 21.6 Å². The molecule has 0 amide bonds. The minimum Gasteiger partial charge on any atom is -0.378 e. The molecule has 0 aliphatic carbocycles. The zero-order valence-corrected chi connectivity index (χ0v) is 12.5. The van der Waals surface area contributed by atoms with Crippen molar-refractivity contribution in [2.45, 2.75) is 26.1 Å². The highest BCUT2D eigenvalue weighted by molar-refractivity contribution is 9.10. The van der Waals surface area contributed by atoms with Crippen molar-refractivity contribution in [3.63, 3.8) is 0 Å². The number of halogens is 1. The van der Waals surface area contributed by atoms with Gasteiger partial charge in [0.2, 0.25) is 0 Å². The van der Waals surface area contributed by atoms with E-state index in [1.165, 1.54) is 4.68 Å². The molecule has 2 aromatic rings. The van der Waals surface area contributed by atoms with Crippen LogP contribution < -0.4 is 10.9 Å². The number of terminal acetylenes is 1. The van der Waals surface area contributed by atoms with E-state index in [0.717, 1.165) is 0 Å². The quantitative estimate of drug-likeness (QED) is 0.837. The summed E-state index contributed by atoms with van der Waals surface area (Å²) in [5, 5.41) is 11.4. The third-order valence-electron chi connectivity index (χ3n) is 2.65. The maximum absolute atomic E-state index is 12.0. The van der Waals surface area contributed by atoms with Gasteiger partial charge in [-0.2, -0.15) is 10.2 Å². The molecular formula is C13H14BrN5O. The van der Waals surface area contributed by atoms with Crippen LogP contribution in [0.5, 0.6) is 0 Å². The lowest BCUT2D eigenvalue weighted by Crippen LogP contribution is -2.27. The first-order valence-corrected chi connectivity index (χ1v) is 6.84. The van der Waals surface area contributed by atoms with Gasteiger partial charge in [0, 0.05) is 18.4 Å². The molecule has 0 fully saturated rings. The zero-order chi connectivity index (χ0) is 14.5. The first-order chi connectivity index (χ1) is 9.61. The maximum Gasteiger partial charge on any atom is 0.284 e. The molecule has 2 aromatic heterocycles. The van der Waals surface area contributed by atoms with Crippen molar-refractivity contribution in [2.24, 2.45) is 0 Å². The largest absolute Gasteiger partial charge is 0.378 e. The Hall–Kier alpha value is -2.07. The maximum atomic E-state index is 12.0. The summed E-state index contributed by atoms with van der Waals surface area (Å²) < 4.78 is 3.47. The van der Waals surface area contributed by atoms with Crippen LogP contribution in [0.2, 0.25) is 0 Å². The van der Waals surface area contributed by atoms with Gasteiger partial charge < -0.3 is 5.32 Å². The Balaban J connectivity index is 2.12. The monoisotopic (exact) mass is 335 g/mol. The lowest BCUT2D eigenvalue weighted by atomic mass is 10.3. The number of nitrogens with one attached hydrogen (secondary N) is 1. The summed E-state index contributed by atoms with van der Waals surface area (Å²) >= 11 is 3.28. The molecule has 0 spiro atoms. The Kier molecular flexibility index (Phi) is 4.58. The Morgan fingerprint density at radius 2 is 2.35 bits per heavy atom. The molecule has 0 radical (unpaired) electrons. The van der Waals surface area contributed by atoms with Crippen molar-refractivity contribution in [2.75, 3.05) is 5.32 Å². The third kappa shape index (κ3) is 3.27. The topological polar surface area (TPSA) is 64.7 Å². The number of hydrogen-bond acceptors (Lipinski definition) is 4. The van der Waals surface area contributed by atoms with E-state index < -0.39 is 0 Å². The molecule has 20 heavy (non-hydrogen) atoms. The van der Waals surface area contributed by atoms with Gasteiger partial charge in [0.05, 0.1) is 18.4 Å². The SMILES string of the molecule is C#CCn1ncc(NC(C)Cn2cccn2)c(Br)c1=O. The number of rotatable bonds is 5. The number of anilines is 1. The average Bonchev–Trinajstić information content (AvgIpc) is 2.91. The summed E-state index contributed by atoms with van der Waals surface area (Å²) in [6.07, 6.45) is 10.4. The lowest BCUT2D eigenvalue weighted by Gasteiger charge is -2.16. The van der Waals surface area contributed by atoms with Crippen LogP contribution >= 0.6 is 15.9 Å². The lowest BCUT2D eigenvalue weighted by molar-refractivity contribution is 0.559. The number of aromatic nitrogens is 4. The number of hydrogen-bond donors (Lipinski definition) is 1. The highest BCUT2D eigenvalue weighted by Gasteiger charge is 2.11. The van der Waals surface area contributed by atoms with E-state index in [9.17, 15) is 4.79 Å². The second kappa shape index (κ2) is 6.39. The van der Waals surface area contributed by atoms with Crippen LogP contribution in [0.15, 0.2) is 33.9 Å². The first-order valence-electron chi connectivity index (χ1n) is 6.05. The fraction of sp³-hybridized carbons (Fsp3) is 0.308. The van der Waals surface area contributed by atoms with E-state index >= 15 is 0 Å². The van der Waals surface area contributed by atoms with Crippen molar-refractivity contribution in [3.05, 3.63) is 39.5 Å². The van der Waals surface area contributed by atoms with Gasteiger partial charge in [0.15, 0.2) is 0 Å². The van der Waals surface area contributed by atoms with Gasteiger partial charge in [0.25, 0.3) is 5.56 Å². The highest BCUT2D eigenvalue weighted by Crippen LogP contribution is 2.17. The van der Waals surface area contributed by atoms with Crippen molar-refractivity contribution in [1.82, 2.24) is 19.6 Å². The Morgan fingerprint density at radius 3 is 3.00 bits per heavy atom. The van der Waals surface area contributed by atoms with Crippen molar-refractivity contribution in [3.8, 4) is 12.3 Å². The molecule has 0 saturated carbocycles. The molecule has 2 rings (SSSR count). The molecule has 1 unspecified atom stereocenters. The smallest absolute Gasteiger partial charge is 0.284 e. The molecule has 0 saturated heterocycles. The van der Waals surface area contributed by atoms with E-state index in [0.29, 0.717) is 16.7 Å². The first kappa shape index (κ1) is 14.3. The molecule has 0 aliphatic heterocycles. The van der Waals surface area contributed by atoms with Crippen molar-refractivity contribution < 1.29 is 0 Å². The van der Waals surface area contributed by atoms with Gasteiger partial charge in [-0.1, -0.05) is 5.92 Å². The standard InChI is InChI=1S/C13H14BrN5O/c1-3-6-19-13(20)12(14)11(8-16-19)17-10(2)9-18-7-4-5-15-18/h1,4-5,7-8,10,17H,6,9H2,2H3. The summed E-state index contributed by atoms with van der Waals surface area (Å²) in [5.41, 5.74) is 0.391. The van der Waals surface area contributed by atoms with Crippen LogP contribution in [-0.2, 0) is 13.1 Å². The van der Waals surface area contributed by atoms with Gasteiger partial charge >= 0.3 is 0 Å². The zero-order valence-electron chi connectivity index (χ0n) is 11.0. The molecule has 2 heterocycles. The minimum absolute atomic E-state index is 0.0934. The predicted octanol–water partition coefficient (Wildman–Crippen LogP) is 1.34. The van der Waals surface area contributed by atoms with E-state index in [2.05, 4.69) is 37.4 Å². The molecule has 1 N–H and O–H groups in total. The van der Waals surface area contributed by atoms with E-state index in [-0.39, 0.29) is 18.1 Å². The number of nitrogens with zero attached hydrogens (tertiary/aromatic N) is 4. The van der Waals surface area contributed by atoms with Crippen LogP contribution in [0.4, 0.5) is 5.69 Å².